The summed E-state index contributed by atoms with van der Waals surface area (Å²) in [6.45, 7) is 1.51. The number of nitrogens with zero attached hydrogens (tertiary/aromatic N) is 1. The van der Waals surface area contributed by atoms with E-state index in [0.717, 1.165) is 0 Å². The third-order valence-corrected chi connectivity index (χ3v) is 1.56. The lowest BCUT2D eigenvalue weighted by Gasteiger charge is -2.09. The lowest BCUT2D eigenvalue weighted by atomic mass is 10.3. The van der Waals surface area contributed by atoms with E-state index in [9.17, 15) is 5.21 Å². The van der Waals surface area contributed by atoms with Crippen molar-refractivity contribution < 1.29 is 18.3 Å². The first kappa shape index (κ1) is 5.24. The summed E-state index contributed by atoms with van der Waals surface area (Å²) in [4.78, 5) is 0. The Morgan fingerprint density at radius 2 is 2.33 bits per heavy atom. The van der Waals surface area contributed by atoms with E-state index in [4.69, 9.17) is 8.85 Å². The van der Waals surface area contributed by atoms with Crippen molar-refractivity contribution >= 4 is 0 Å². The molecule has 4 nitrogen and oxygen atoms in total. The molecule has 0 saturated carbocycles. The molecule has 1 aromatic rings. The van der Waals surface area contributed by atoms with Gasteiger partial charge in [0.2, 0.25) is 11.4 Å². The normalized spacial score (nSPS) is 14.3. The Morgan fingerprint density at radius 1 is 1.58 bits per heavy atom. The van der Waals surface area contributed by atoms with Crippen LogP contribution in [0.4, 0.5) is 0 Å². The van der Waals surface area contributed by atoms with Gasteiger partial charge in [0.05, 0.1) is 18.3 Å². The smallest absolute Gasteiger partial charge is 0.235 e. The van der Waals surface area contributed by atoms with E-state index in [0.29, 0.717) is 4.73 Å². The maximum atomic E-state index is 11.2. The van der Waals surface area contributed by atoms with Gasteiger partial charge in [0.25, 0.3) is 0 Å². The van der Waals surface area contributed by atoms with E-state index in [1.54, 1.807) is 0 Å². The zero-order valence-corrected chi connectivity index (χ0v) is 6.83. The number of rotatable bonds is 2. The first-order valence-corrected chi connectivity index (χ1v) is 3.31. The molecule has 0 unspecified atom stereocenters. The van der Waals surface area contributed by atoms with E-state index in [1.165, 1.54) is 26.3 Å². The van der Waals surface area contributed by atoms with Gasteiger partial charge < -0.3 is 14.7 Å². The summed E-state index contributed by atoms with van der Waals surface area (Å²) in [5.74, 6) is 0.158. The zero-order valence-electron chi connectivity index (χ0n) is 9.83. The molecule has 0 saturated heterocycles. The fourth-order valence-corrected chi connectivity index (χ4v) is 0.930. The number of hydrogen-bond acceptors (Lipinski definition) is 3. The van der Waals surface area contributed by atoms with Crippen molar-refractivity contribution in [1.82, 2.24) is 0 Å². The summed E-state index contributed by atoms with van der Waals surface area (Å²) >= 11 is 0. The highest BCUT2D eigenvalue weighted by Gasteiger charge is 2.13. The minimum absolute atomic E-state index is 0.0297. The third kappa shape index (κ3) is 1.28. The average Bonchev–Trinajstić information content (AvgIpc) is 2.10. The highest BCUT2D eigenvalue weighted by molar-refractivity contribution is 5.39. The highest BCUT2D eigenvalue weighted by Crippen LogP contribution is 2.26. The first-order valence-electron chi connectivity index (χ1n) is 4.81. The van der Waals surface area contributed by atoms with Gasteiger partial charge in [0.15, 0.2) is 11.9 Å². The van der Waals surface area contributed by atoms with Crippen molar-refractivity contribution in [2.75, 3.05) is 14.1 Å². The largest absolute Gasteiger partial charge is 0.618 e. The zero-order chi connectivity index (χ0) is 11.6. The van der Waals surface area contributed by atoms with Crippen molar-refractivity contribution in [2.24, 2.45) is 0 Å². The molecule has 0 atom stereocenters. The Kier molecular flexibility index (Phi) is 1.44. The molecular weight excluding hydrogens is 158 g/mol. The van der Waals surface area contributed by atoms with Crippen LogP contribution in [-0.2, 0) is 0 Å². The summed E-state index contributed by atoms with van der Waals surface area (Å²) in [5.41, 5.74) is 0.249. The molecule has 4 heteroatoms. The lowest BCUT2D eigenvalue weighted by molar-refractivity contribution is -0.612. The predicted octanol–water partition coefficient (Wildman–Crippen LogP) is 0.646. The minimum Gasteiger partial charge on any atom is -0.618 e. The fraction of sp³-hybridized carbons (Fsp3) is 0.375. The maximum absolute atomic E-state index is 11.2. The molecule has 1 heterocycles. The van der Waals surface area contributed by atoms with Crippen LogP contribution in [0.5, 0.6) is 11.5 Å². The molecule has 0 amide bonds. The Bertz CT molecular complexity index is 365. The van der Waals surface area contributed by atoms with Gasteiger partial charge >= 0.3 is 0 Å². The second-order valence-electron chi connectivity index (χ2n) is 2.23. The number of methoxy groups -OCH3 is 2. The molecule has 12 heavy (non-hydrogen) atoms. The molecule has 0 fully saturated rings. The van der Waals surface area contributed by atoms with E-state index in [2.05, 4.69) is 4.74 Å². The molecule has 66 valence electrons. The molecule has 0 N–H and O–H groups in total. The molecule has 0 aliphatic heterocycles. The molecule has 1 aromatic heterocycles. The number of pyridine rings is 1. The molecule has 0 radical (unpaired) electrons. The molecule has 0 aliphatic rings. The number of hydrogen-bond donors (Lipinski definition) is 0. The Balaban J connectivity index is 3.14. The van der Waals surface area contributed by atoms with Crippen LogP contribution in [0.2, 0.25) is 0 Å². The topological polar surface area (TPSA) is 45.4 Å². The van der Waals surface area contributed by atoms with E-state index >= 15 is 0 Å². The Hall–Kier alpha value is -1.45. The van der Waals surface area contributed by atoms with Gasteiger partial charge in [-0.05, 0) is 0 Å². The Labute approximate surface area is 75.1 Å². The molecular formula is C8H11NO3. The van der Waals surface area contributed by atoms with Crippen molar-refractivity contribution in [3.63, 3.8) is 0 Å². The summed E-state index contributed by atoms with van der Waals surface area (Å²) in [6.07, 6.45) is 1.17. The van der Waals surface area contributed by atoms with Gasteiger partial charge in [0.1, 0.15) is 0 Å². The van der Waals surface area contributed by atoms with Gasteiger partial charge in [-0.2, -0.15) is 4.73 Å². The van der Waals surface area contributed by atoms with Crippen LogP contribution < -0.4 is 14.2 Å². The number of ether oxygens (including phenoxy) is 2. The summed E-state index contributed by atoms with van der Waals surface area (Å²) < 4.78 is 31.0. The second kappa shape index (κ2) is 3.30. The van der Waals surface area contributed by atoms with E-state index in [1.807, 2.05) is 0 Å². The van der Waals surface area contributed by atoms with Crippen LogP contribution >= 0.6 is 0 Å². The van der Waals surface area contributed by atoms with Crippen molar-refractivity contribution in [3.05, 3.63) is 23.2 Å². The third-order valence-electron chi connectivity index (χ3n) is 1.56. The van der Waals surface area contributed by atoms with Crippen LogP contribution in [0.3, 0.4) is 0 Å². The summed E-state index contributed by atoms with van der Waals surface area (Å²) in [5, 5.41) is 11.2. The Morgan fingerprint density at radius 3 is 2.92 bits per heavy atom. The molecule has 0 spiro atoms. The summed E-state index contributed by atoms with van der Waals surface area (Å²) in [7, 11) is -1.22. The van der Waals surface area contributed by atoms with Gasteiger partial charge in [-0.15, -0.1) is 0 Å². The van der Waals surface area contributed by atoms with Crippen LogP contribution in [0.1, 0.15) is 9.81 Å². The van der Waals surface area contributed by atoms with Gasteiger partial charge in [0, 0.05) is 13.0 Å². The fourth-order valence-electron chi connectivity index (χ4n) is 0.930. The van der Waals surface area contributed by atoms with Crippen LogP contribution in [0, 0.1) is 12.1 Å². The molecule has 0 aliphatic carbocycles. The van der Waals surface area contributed by atoms with Gasteiger partial charge in [-0.1, -0.05) is 0 Å². The first-order chi connectivity index (χ1) is 6.85. The van der Waals surface area contributed by atoms with Crippen LogP contribution in [0.25, 0.3) is 0 Å². The lowest BCUT2D eigenvalue weighted by Crippen LogP contribution is -2.29. The van der Waals surface area contributed by atoms with E-state index in [-0.39, 0.29) is 17.2 Å². The van der Waals surface area contributed by atoms with Crippen molar-refractivity contribution in [3.8, 4) is 11.5 Å². The van der Waals surface area contributed by atoms with Crippen LogP contribution in [0.15, 0.2) is 12.3 Å². The monoisotopic (exact) mass is 172 g/mol. The van der Waals surface area contributed by atoms with Gasteiger partial charge in [-0.3, -0.25) is 0 Å². The molecule has 0 aromatic carbocycles. The average molecular weight is 172 g/mol. The van der Waals surface area contributed by atoms with Gasteiger partial charge in [-0.25, -0.2) is 0 Å². The maximum Gasteiger partial charge on any atom is 0.235 e. The quantitative estimate of drug-likeness (QED) is 0.486. The van der Waals surface area contributed by atoms with Crippen molar-refractivity contribution in [2.45, 2.75) is 6.92 Å². The number of aromatic nitrogens is 1. The highest BCUT2D eigenvalue weighted by atomic mass is 16.5. The molecule has 1 rings (SSSR count). The second-order valence-corrected chi connectivity index (χ2v) is 2.23. The SMILES string of the molecule is [2H]C([2H])([2H])Oc1cc[n+]([O-])c(C)c1OC. The summed E-state index contributed by atoms with van der Waals surface area (Å²) in [6, 6.07) is 1.26. The van der Waals surface area contributed by atoms with Crippen LogP contribution in [-0.4, -0.2) is 14.1 Å². The standard InChI is InChI=1S/C8H11NO3/c1-6-8(12-3)7(11-2)4-5-9(6)10/h4-5H,1-3H3/i2D3. The van der Waals surface area contributed by atoms with Crippen molar-refractivity contribution in [1.29, 1.82) is 0 Å². The molecule has 0 bridgehead atoms. The van der Waals surface area contributed by atoms with E-state index < -0.39 is 7.04 Å². The minimum atomic E-state index is -2.56. The predicted molar refractivity (Wildman–Crippen MR) is 43.2 cm³/mol.